The molecule has 2 aromatic heterocycles. The third kappa shape index (κ3) is 4.23. The van der Waals surface area contributed by atoms with Gasteiger partial charge in [0.15, 0.2) is 5.96 Å². The quantitative estimate of drug-likeness (QED) is 0.519. The average molecular weight is 390 g/mol. The highest BCUT2D eigenvalue weighted by Gasteiger charge is 2.21. The largest absolute Gasteiger partial charge is 0.352 e. The van der Waals surface area contributed by atoms with Crippen molar-refractivity contribution >= 4 is 23.2 Å². The number of hydrogen-bond acceptors (Lipinski definition) is 3. The smallest absolute Gasteiger partial charge is 0.227 e. The number of aliphatic imine (C=N–C) groups is 1. The van der Waals surface area contributed by atoms with E-state index in [4.69, 9.17) is 0 Å². The van der Waals surface area contributed by atoms with Crippen molar-refractivity contribution in [3.8, 4) is 0 Å². The van der Waals surface area contributed by atoms with Crippen LogP contribution in [0.1, 0.15) is 29.8 Å². The fraction of sp³-hybridized carbons (Fsp3) is 0.318. The summed E-state index contributed by atoms with van der Waals surface area (Å²) in [6.07, 6.45) is 3.64. The Labute approximate surface area is 170 Å². The van der Waals surface area contributed by atoms with Gasteiger partial charge in [-0.1, -0.05) is 18.2 Å². The van der Waals surface area contributed by atoms with Crippen molar-refractivity contribution in [2.75, 3.05) is 18.5 Å². The highest BCUT2D eigenvalue weighted by molar-refractivity contribution is 5.95. The highest BCUT2D eigenvalue weighted by Crippen LogP contribution is 2.21. The fourth-order valence-electron chi connectivity index (χ4n) is 3.58. The lowest BCUT2D eigenvalue weighted by atomic mass is 10.2. The Balaban J connectivity index is 1.32. The zero-order valence-corrected chi connectivity index (χ0v) is 16.9. The summed E-state index contributed by atoms with van der Waals surface area (Å²) in [5, 5.41) is 6.63. The number of benzene rings is 1. The molecule has 2 N–H and O–H groups in total. The Morgan fingerprint density at radius 3 is 2.62 bits per heavy atom. The van der Waals surface area contributed by atoms with Gasteiger partial charge in [0.05, 0.1) is 12.2 Å². The van der Waals surface area contributed by atoms with Gasteiger partial charge in [-0.05, 0) is 43.2 Å². The number of nitrogens with zero attached hydrogens (tertiary/aromatic N) is 4. The molecule has 1 aliphatic rings. The predicted molar refractivity (Wildman–Crippen MR) is 115 cm³/mol. The number of fused-ring (bicyclic) bond motifs is 1. The molecule has 0 unspecified atom stereocenters. The number of rotatable bonds is 5. The van der Waals surface area contributed by atoms with E-state index in [0.29, 0.717) is 19.5 Å². The summed E-state index contributed by atoms with van der Waals surface area (Å²) in [4.78, 5) is 22.6. The molecule has 1 aromatic carbocycles. The van der Waals surface area contributed by atoms with Gasteiger partial charge < -0.3 is 19.9 Å². The van der Waals surface area contributed by atoms with Crippen molar-refractivity contribution in [3.05, 3.63) is 65.6 Å². The van der Waals surface area contributed by atoms with Gasteiger partial charge in [0.2, 0.25) is 5.91 Å². The van der Waals surface area contributed by atoms with E-state index in [-0.39, 0.29) is 5.91 Å². The summed E-state index contributed by atoms with van der Waals surface area (Å²) in [6, 6.07) is 14.2. The number of hydrogen-bond donors (Lipinski definition) is 2. The molecule has 1 fully saturated rings. The first-order chi connectivity index (χ1) is 14.1. The number of amides is 1. The lowest BCUT2D eigenvalue weighted by molar-refractivity contribution is -0.117. The Hall–Kier alpha value is -3.35. The second kappa shape index (κ2) is 8.34. The summed E-state index contributed by atoms with van der Waals surface area (Å²) in [6.45, 7) is 4.13. The van der Waals surface area contributed by atoms with Gasteiger partial charge >= 0.3 is 0 Å². The molecule has 0 bridgehead atoms. The van der Waals surface area contributed by atoms with E-state index in [2.05, 4.69) is 38.0 Å². The maximum Gasteiger partial charge on any atom is 0.227 e. The maximum atomic E-state index is 11.9. The van der Waals surface area contributed by atoms with Gasteiger partial charge in [0, 0.05) is 44.1 Å². The van der Waals surface area contributed by atoms with Crippen molar-refractivity contribution in [1.29, 1.82) is 0 Å². The summed E-state index contributed by atoms with van der Waals surface area (Å²) in [5.41, 5.74) is 5.17. The highest BCUT2D eigenvalue weighted by atomic mass is 16.2. The van der Waals surface area contributed by atoms with Crippen LogP contribution in [0.2, 0.25) is 0 Å². The molecule has 3 heterocycles. The lowest BCUT2D eigenvalue weighted by Gasteiger charge is -2.16. The number of carbonyl (C=O) groups excluding carboxylic acids is 1. The first-order valence-electron chi connectivity index (χ1n) is 9.91. The van der Waals surface area contributed by atoms with Crippen LogP contribution in [-0.2, 0) is 17.9 Å². The summed E-state index contributed by atoms with van der Waals surface area (Å²) < 4.78 is 2.08. The van der Waals surface area contributed by atoms with Gasteiger partial charge in [-0.15, -0.1) is 0 Å². The summed E-state index contributed by atoms with van der Waals surface area (Å²) in [7, 11) is 1.76. The van der Waals surface area contributed by atoms with Crippen LogP contribution in [0.5, 0.6) is 0 Å². The minimum atomic E-state index is 0.211. The third-order valence-corrected chi connectivity index (χ3v) is 5.19. The average Bonchev–Trinajstić information content (AvgIpc) is 3.35. The molecule has 7 heteroatoms. The second-order valence-corrected chi connectivity index (χ2v) is 7.22. The molecule has 3 aromatic rings. The monoisotopic (exact) mass is 390 g/mol. The molecular weight excluding hydrogens is 364 g/mol. The molecule has 29 heavy (non-hydrogen) atoms. The molecular formula is C22H26N6O. The molecule has 0 saturated carbocycles. The van der Waals surface area contributed by atoms with Gasteiger partial charge in [-0.2, -0.15) is 0 Å². The van der Waals surface area contributed by atoms with Gasteiger partial charge in [0.25, 0.3) is 0 Å². The van der Waals surface area contributed by atoms with E-state index < -0.39 is 0 Å². The molecule has 0 radical (unpaired) electrons. The number of anilines is 1. The first-order valence-corrected chi connectivity index (χ1v) is 9.91. The number of imidazole rings is 1. The van der Waals surface area contributed by atoms with Gasteiger partial charge in [-0.25, -0.2) is 4.98 Å². The first kappa shape index (κ1) is 19.0. The van der Waals surface area contributed by atoms with Crippen LogP contribution in [0.3, 0.4) is 0 Å². The van der Waals surface area contributed by atoms with Crippen molar-refractivity contribution in [2.24, 2.45) is 4.99 Å². The van der Waals surface area contributed by atoms with Gasteiger partial charge in [-0.3, -0.25) is 9.79 Å². The van der Waals surface area contributed by atoms with Crippen LogP contribution in [0, 0.1) is 6.92 Å². The van der Waals surface area contributed by atoms with E-state index in [9.17, 15) is 4.79 Å². The number of nitrogens with one attached hydrogen (secondary N) is 2. The van der Waals surface area contributed by atoms with Crippen LogP contribution >= 0.6 is 0 Å². The number of carbonyl (C=O) groups is 1. The van der Waals surface area contributed by atoms with Crippen LogP contribution < -0.4 is 15.5 Å². The molecule has 4 rings (SSSR count). The van der Waals surface area contributed by atoms with Crippen LogP contribution in [-0.4, -0.2) is 34.8 Å². The zero-order valence-electron chi connectivity index (χ0n) is 16.9. The maximum absolute atomic E-state index is 11.9. The van der Waals surface area contributed by atoms with Crippen molar-refractivity contribution in [2.45, 2.75) is 32.9 Å². The molecule has 1 aliphatic heterocycles. The normalized spacial score (nSPS) is 14.6. The van der Waals surface area contributed by atoms with E-state index in [1.54, 1.807) is 7.05 Å². The minimum Gasteiger partial charge on any atom is -0.352 e. The molecule has 150 valence electrons. The van der Waals surface area contributed by atoms with Crippen LogP contribution in [0.25, 0.3) is 5.65 Å². The zero-order chi connectivity index (χ0) is 20.2. The number of aromatic nitrogens is 2. The number of pyridine rings is 1. The Morgan fingerprint density at radius 2 is 1.93 bits per heavy atom. The lowest BCUT2D eigenvalue weighted by Crippen LogP contribution is -2.36. The Morgan fingerprint density at radius 1 is 1.14 bits per heavy atom. The fourth-order valence-corrected chi connectivity index (χ4v) is 3.58. The van der Waals surface area contributed by atoms with E-state index in [1.807, 2.05) is 47.5 Å². The molecule has 1 saturated heterocycles. The minimum absolute atomic E-state index is 0.211. The number of guanidine groups is 1. The van der Waals surface area contributed by atoms with Crippen LogP contribution in [0.4, 0.5) is 5.69 Å². The molecule has 7 nitrogen and oxygen atoms in total. The van der Waals surface area contributed by atoms with Crippen LogP contribution in [0.15, 0.2) is 53.7 Å². The standard InChI is InChI=1S/C22H26N6O/c1-16-5-3-6-20-26-18(15-28(16)20)14-25-22(23-2)24-13-17-8-10-19(11-9-17)27-12-4-7-21(27)29/h3,5-6,8-11,15H,4,7,12-14H2,1-2H3,(H2,23,24,25). The molecule has 0 aliphatic carbocycles. The molecule has 0 spiro atoms. The summed E-state index contributed by atoms with van der Waals surface area (Å²) in [5.74, 6) is 0.931. The Bertz CT molecular complexity index is 1040. The second-order valence-electron chi connectivity index (χ2n) is 7.22. The molecule has 1 amide bonds. The van der Waals surface area contributed by atoms with Gasteiger partial charge in [0.1, 0.15) is 5.65 Å². The van der Waals surface area contributed by atoms with E-state index in [0.717, 1.165) is 47.2 Å². The topological polar surface area (TPSA) is 74.0 Å². The van der Waals surface area contributed by atoms with E-state index >= 15 is 0 Å². The third-order valence-electron chi connectivity index (χ3n) is 5.19. The van der Waals surface area contributed by atoms with Crippen molar-refractivity contribution in [3.63, 3.8) is 0 Å². The SMILES string of the molecule is CN=C(NCc1ccc(N2CCCC2=O)cc1)NCc1cn2c(C)cccc2n1. The van der Waals surface area contributed by atoms with Crippen molar-refractivity contribution < 1.29 is 4.79 Å². The Kier molecular flexibility index (Phi) is 5.46. The van der Waals surface area contributed by atoms with E-state index in [1.165, 1.54) is 0 Å². The summed E-state index contributed by atoms with van der Waals surface area (Å²) >= 11 is 0. The molecule has 0 atom stereocenters. The number of aryl methyl sites for hydroxylation is 1. The predicted octanol–water partition coefficient (Wildman–Crippen LogP) is 2.63. The van der Waals surface area contributed by atoms with Crippen molar-refractivity contribution in [1.82, 2.24) is 20.0 Å².